The van der Waals surface area contributed by atoms with Crippen LogP contribution in [0, 0.1) is 0 Å². The summed E-state index contributed by atoms with van der Waals surface area (Å²) in [5.41, 5.74) is 0.864. The summed E-state index contributed by atoms with van der Waals surface area (Å²) in [4.78, 5) is 16.5. The maximum atomic E-state index is 12.3. The molecule has 1 N–H and O–H groups in total. The molecular formula is C16H13ClF2N2O3. The monoisotopic (exact) mass is 354 g/mol. The lowest BCUT2D eigenvalue weighted by atomic mass is 10.2. The molecule has 0 radical (unpaired) electrons. The number of hydrogen-bond acceptors (Lipinski definition) is 4. The molecule has 0 aliphatic heterocycles. The van der Waals surface area contributed by atoms with Gasteiger partial charge in [-0.3, -0.25) is 4.79 Å². The number of para-hydroxylation sites is 1. The number of ether oxygens (including phenoxy) is 1. The minimum Gasteiger partial charge on any atom is -0.434 e. The molecule has 0 bridgehead atoms. The van der Waals surface area contributed by atoms with Crippen molar-refractivity contribution in [1.29, 1.82) is 0 Å². The van der Waals surface area contributed by atoms with Gasteiger partial charge in [0, 0.05) is 16.3 Å². The number of anilines is 1. The smallest absolute Gasteiger partial charge is 0.387 e. The van der Waals surface area contributed by atoms with Gasteiger partial charge in [-0.25, -0.2) is 0 Å². The Morgan fingerprint density at radius 3 is 2.62 bits per heavy atom. The maximum Gasteiger partial charge on any atom is 0.387 e. The van der Waals surface area contributed by atoms with E-state index in [0.717, 1.165) is 0 Å². The summed E-state index contributed by atoms with van der Waals surface area (Å²) in [5, 5.41) is 6.71. The van der Waals surface area contributed by atoms with E-state index in [9.17, 15) is 13.6 Å². The van der Waals surface area contributed by atoms with Crippen molar-refractivity contribution in [3.8, 4) is 5.75 Å². The van der Waals surface area contributed by atoms with E-state index in [0.29, 0.717) is 16.3 Å². The lowest BCUT2D eigenvalue weighted by Gasteiger charge is -2.07. The van der Waals surface area contributed by atoms with E-state index in [1.54, 1.807) is 36.4 Å². The minimum absolute atomic E-state index is 0.0366. The molecule has 2 rings (SSSR count). The third-order valence-corrected chi connectivity index (χ3v) is 2.98. The molecule has 0 fully saturated rings. The van der Waals surface area contributed by atoms with E-state index >= 15 is 0 Å². The average Bonchev–Trinajstić information content (AvgIpc) is 2.55. The van der Waals surface area contributed by atoms with Crippen molar-refractivity contribution >= 4 is 29.4 Å². The molecule has 0 saturated carbocycles. The number of carbonyl (C=O) groups is 1. The largest absolute Gasteiger partial charge is 0.434 e. The molecular weight excluding hydrogens is 342 g/mol. The van der Waals surface area contributed by atoms with Gasteiger partial charge in [0.1, 0.15) is 5.75 Å². The van der Waals surface area contributed by atoms with Gasteiger partial charge in [-0.15, -0.1) is 0 Å². The first-order chi connectivity index (χ1) is 11.5. The number of hydrogen-bond donors (Lipinski definition) is 1. The number of nitrogens with one attached hydrogen (secondary N) is 1. The quantitative estimate of drug-likeness (QED) is 0.605. The molecule has 0 spiro atoms. The van der Waals surface area contributed by atoms with Crippen LogP contribution in [0.3, 0.4) is 0 Å². The van der Waals surface area contributed by atoms with E-state index in [1.165, 1.54) is 18.3 Å². The lowest BCUT2D eigenvalue weighted by Crippen LogP contribution is -2.16. The first-order valence-electron chi connectivity index (χ1n) is 6.79. The predicted octanol–water partition coefficient (Wildman–Crippen LogP) is 3.93. The number of alkyl halides is 2. The fraction of sp³-hybridized carbons (Fsp3) is 0.125. The van der Waals surface area contributed by atoms with Gasteiger partial charge in [0.25, 0.3) is 5.91 Å². The third-order valence-electron chi connectivity index (χ3n) is 2.73. The summed E-state index contributed by atoms with van der Waals surface area (Å²) >= 11 is 5.74. The summed E-state index contributed by atoms with van der Waals surface area (Å²) in [6, 6.07) is 12.6. The fourth-order valence-corrected chi connectivity index (χ4v) is 1.84. The normalized spacial score (nSPS) is 10.8. The summed E-state index contributed by atoms with van der Waals surface area (Å²) < 4.78 is 28.9. The number of amides is 1. The Hall–Kier alpha value is -2.67. The first kappa shape index (κ1) is 17.7. The van der Waals surface area contributed by atoms with Crippen LogP contribution in [0.2, 0.25) is 5.02 Å². The standard InChI is InChI=1S/C16H13ClF2N2O3/c17-12-5-7-13(8-6-12)21-15(22)10-23-20-9-11-3-1-2-4-14(11)24-16(18)19/h1-9,16H,10H2,(H,21,22)/b20-9+. The number of nitrogens with zero attached hydrogens (tertiary/aromatic N) is 1. The van der Waals surface area contributed by atoms with Gasteiger partial charge < -0.3 is 14.9 Å². The number of oxime groups is 1. The molecule has 0 aromatic heterocycles. The molecule has 126 valence electrons. The molecule has 5 nitrogen and oxygen atoms in total. The van der Waals surface area contributed by atoms with Crippen LogP contribution in [0.25, 0.3) is 0 Å². The molecule has 0 aliphatic carbocycles. The molecule has 0 heterocycles. The first-order valence-corrected chi connectivity index (χ1v) is 7.17. The van der Waals surface area contributed by atoms with Gasteiger partial charge in [0.2, 0.25) is 0 Å². The molecule has 1 amide bonds. The second-order valence-corrected chi connectivity index (χ2v) is 4.92. The van der Waals surface area contributed by atoms with Crippen molar-refractivity contribution in [3.05, 3.63) is 59.1 Å². The highest BCUT2D eigenvalue weighted by Crippen LogP contribution is 2.18. The Labute approximate surface area is 141 Å². The highest BCUT2D eigenvalue weighted by Gasteiger charge is 2.07. The zero-order chi connectivity index (χ0) is 17.4. The predicted molar refractivity (Wildman–Crippen MR) is 86.7 cm³/mol. The van der Waals surface area contributed by atoms with Crippen molar-refractivity contribution in [1.82, 2.24) is 0 Å². The van der Waals surface area contributed by atoms with E-state index in [1.807, 2.05) is 0 Å². The van der Waals surface area contributed by atoms with Gasteiger partial charge in [0.05, 0.1) is 6.21 Å². The van der Waals surface area contributed by atoms with Gasteiger partial charge in [-0.05, 0) is 36.4 Å². The lowest BCUT2D eigenvalue weighted by molar-refractivity contribution is -0.120. The second-order valence-electron chi connectivity index (χ2n) is 4.48. The molecule has 0 unspecified atom stereocenters. The molecule has 2 aromatic carbocycles. The molecule has 8 heteroatoms. The third kappa shape index (κ3) is 5.85. The topological polar surface area (TPSA) is 59.9 Å². The zero-order valence-electron chi connectivity index (χ0n) is 12.3. The van der Waals surface area contributed by atoms with Gasteiger partial charge in [-0.2, -0.15) is 8.78 Å². The Morgan fingerprint density at radius 1 is 1.21 bits per heavy atom. The number of rotatable bonds is 7. The fourth-order valence-electron chi connectivity index (χ4n) is 1.71. The molecule has 2 aromatic rings. The summed E-state index contributed by atoms with van der Waals surface area (Å²) in [6.07, 6.45) is 1.19. The molecule has 0 saturated heterocycles. The SMILES string of the molecule is O=C(CO/N=C/c1ccccc1OC(F)F)Nc1ccc(Cl)cc1. The number of benzene rings is 2. The van der Waals surface area contributed by atoms with Crippen molar-refractivity contribution < 1.29 is 23.1 Å². The molecule has 0 atom stereocenters. The Bertz CT molecular complexity index is 709. The highest BCUT2D eigenvalue weighted by molar-refractivity contribution is 6.30. The van der Waals surface area contributed by atoms with E-state index in [-0.39, 0.29) is 12.4 Å². The van der Waals surface area contributed by atoms with Gasteiger partial charge in [-0.1, -0.05) is 28.9 Å². The van der Waals surface area contributed by atoms with E-state index in [4.69, 9.17) is 16.4 Å². The summed E-state index contributed by atoms with van der Waals surface area (Å²) in [7, 11) is 0. The van der Waals surface area contributed by atoms with Crippen LogP contribution in [-0.4, -0.2) is 25.3 Å². The van der Waals surface area contributed by atoms with E-state index in [2.05, 4.69) is 15.2 Å². The van der Waals surface area contributed by atoms with Gasteiger partial charge >= 0.3 is 6.61 Å². The van der Waals surface area contributed by atoms with Crippen molar-refractivity contribution in [2.24, 2.45) is 5.16 Å². The minimum atomic E-state index is -2.94. The van der Waals surface area contributed by atoms with Crippen LogP contribution >= 0.6 is 11.6 Å². The number of carbonyl (C=O) groups excluding carboxylic acids is 1. The average molecular weight is 355 g/mol. The van der Waals surface area contributed by atoms with Crippen molar-refractivity contribution in [2.75, 3.05) is 11.9 Å². The van der Waals surface area contributed by atoms with Crippen molar-refractivity contribution in [2.45, 2.75) is 6.61 Å². The van der Waals surface area contributed by atoms with Crippen LogP contribution in [0.15, 0.2) is 53.7 Å². The van der Waals surface area contributed by atoms with Gasteiger partial charge in [0.15, 0.2) is 6.61 Å². The molecule has 0 aliphatic rings. The van der Waals surface area contributed by atoms with Crippen LogP contribution in [-0.2, 0) is 9.63 Å². The second kappa shape index (κ2) is 8.83. The van der Waals surface area contributed by atoms with Crippen LogP contribution < -0.4 is 10.1 Å². The van der Waals surface area contributed by atoms with Crippen LogP contribution in [0.4, 0.5) is 14.5 Å². The molecule has 24 heavy (non-hydrogen) atoms. The number of halogens is 3. The summed E-state index contributed by atoms with van der Waals surface area (Å²) in [5.74, 6) is -0.461. The maximum absolute atomic E-state index is 12.3. The van der Waals surface area contributed by atoms with Crippen molar-refractivity contribution in [3.63, 3.8) is 0 Å². The van der Waals surface area contributed by atoms with E-state index < -0.39 is 12.5 Å². The Balaban J connectivity index is 1.84. The van der Waals surface area contributed by atoms with Crippen LogP contribution in [0.5, 0.6) is 5.75 Å². The summed E-state index contributed by atoms with van der Waals surface area (Å²) in [6.45, 7) is -3.28. The van der Waals surface area contributed by atoms with Crippen LogP contribution in [0.1, 0.15) is 5.56 Å². The Kier molecular flexibility index (Phi) is 6.51. The highest BCUT2D eigenvalue weighted by atomic mass is 35.5. The Morgan fingerprint density at radius 2 is 1.92 bits per heavy atom. The zero-order valence-corrected chi connectivity index (χ0v) is 13.0.